The highest BCUT2D eigenvalue weighted by Crippen LogP contribution is 2.19. The predicted molar refractivity (Wildman–Crippen MR) is 115 cm³/mol. The first kappa shape index (κ1) is 20.6. The Morgan fingerprint density at radius 3 is 2.55 bits per heavy atom. The fraction of sp³-hybridized carbons (Fsp3) is 0.409. The van der Waals surface area contributed by atoms with Gasteiger partial charge in [-0.2, -0.15) is 0 Å². The molecular weight excluding hydrogens is 366 g/mol. The molecule has 1 fully saturated rings. The highest BCUT2D eigenvalue weighted by atomic mass is 16.2. The number of benzene rings is 1. The Morgan fingerprint density at radius 2 is 1.86 bits per heavy atom. The van der Waals surface area contributed by atoms with E-state index >= 15 is 0 Å². The molecular formula is C22H29N5O2. The van der Waals surface area contributed by atoms with Gasteiger partial charge in [-0.05, 0) is 55.2 Å². The van der Waals surface area contributed by atoms with Crippen molar-refractivity contribution in [2.24, 2.45) is 0 Å². The number of urea groups is 1. The van der Waals surface area contributed by atoms with E-state index in [-0.39, 0.29) is 18.0 Å². The molecule has 1 unspecified atom stereocenters. The van der Waals surface area contributed by atoms with Crippen molar-refractivity contribution >= 4 is 23.4 Å². The molecule has 1 aliphatic rings. The van der Waals surface area contributed by atoms with Gasteiger partial charge in [0.25, 0.3) is 0 Å². The highest BCUT2D eigenvalue weighted by Gasteiger charge is 2.14. The first-order valence-electron chi connectivity index (χ1n) is 10.2. The third-order valence-corrected chi connectivity index (χ3v) is 5.06. The summed E-state index contributed by atoms with van der Waals surface area (Å²) in [4.78, 5) is 30.4. The van der Waals surface area contributed by atoms with Crippen LogP contribution in [0.1, 0.15) is 50.3 Å². The van der Waals surface area contributed by atoms with Crippen molar-refractivity contribution in [3.63, 3.8) is 0 Å². The summed E-state index contributed by atoms with van der Waals surface area (Å²) in [6, 6.07) is 11.1. The Labute approximate surface area is 171 Å². The van der Waals surface area contributed by atoms with Gasteiger partial charge < -0.3 is 20.9 Å². The SMILES string of the molecule is CCC(=O)Nc1ccc(C(C)NC(=O)NCc2ccnc(N3CCCC3)c2)cc1. The van der Waals surface area contributed by atoms with E-state index in [1.54, 1.807) is 6.20 Å². The Balaban J connectivity index is 1.49. The van der Waals surface area contributed by atoms with E-state index in [4.69, 9.17) is 0 Å². The molecule has 29 heavy (non-hydrogen) atoms. The summed E-state index contributed by atoms with van der Waals surface area (Å²) in [5.41, 5.74) is 2.75. The molecule has 154 valence electrons. The summed E-state index contributed by atoms with van der Waals surface area (Å²) in [7, 11) is 0. The van der Waals surface area contributed by atoms with Crippen LogP contribution in [0, 0.1) is 0 Å². The number of pyridine rings is 1. The van der Waals surface area contributed by atoms with Crippen LogP contribution >= 0.6 is 0 Å². The molecule has 0 radical (unpaired) electrons. The molecule has 3 N–H and O–H groups in total. The molecule has 0 bridgehead atoms. The molecule has 1 atom stereocenters. The van der Waals surface area contributed by atoms with Gasteiger partial charge in [-0.3, -0.25) is 4.79 Å². The quantitative estimate of drug-likeness (QED) is 0.669. The van der Waals surface area contributed by atoms with E-state index in [1.165, 1.54) is 12.8 Å². The van der Waals surface area contributed by atoms with Crippen LogP contribution in [0.2, 0.25) is 0 Å². The summed E-state index contributed by atoms with van der Waals surface area (Å²) >= 11 is 0. The largest absolute Gasteiger partial charge is 0.357 e. The molecule has 3 amide bonds. The van der Waals surface area contributed by atoms with Gasteiger partial charge in [0.15, 0.2) is 0 Å². The second-order valence-corrected chi connectivity index (χ2v) is 7.29. The van der Waals surface area contributed by atoms with Gasteiger partial charge in [0.1, 0.15) is 5.82 Å². The fourth-order valence-corrected chi connectivity index (χ4v) is 3.31. The van der Waals surface area contributed by atoms with E-state index in [2.05, 4.69) is 25.8 Å². The van der Waals surface area contributed by atoms with Crippen LogP contribution in [0.3, 0.4) is 0 Å². The van der Waals surface area contributed by atoms with Crippen molar-refractivity contribution in [2.45, 2.75) is 45.7 Å². The van der Waals surface area contributed by atoms with E-state index in [9.17, 15) is 9.59 Å². The average molecular weight is 396 g/mol. The molecule has 7 nitrogen and oxygen atoms in total. The predicted octanol–water partition coefficient (Wildman–Crippen LogP) is 3.59. The number of amides is 3. The zero-order valence-corrected chi connectivity index (χ0v) is 17.1. The Hall–Kier alpha value is -3.09. The number of rotatable bonds is 7. The molecule has 1 saturated heterocycles. The maximum atomic E-state index is 12.3. The van der Waals surface area contributed by atoms with Gasteiger partial charge >= 0.3 is 6.03 Å². The molecule has 0 saturated carbocycles. The number of nitrogens with one attached hydrogen (secondary N) is 3. The number of nitrogens with zero attached hydrogens (tertiary/aromatic N) is 2. The van der Waals surface area contributed by atoms with Gasteiger partial charge in [0, 0.05) is 37.9 Å². The lowest BCUT2D eigenvalue weighted by Gasteiger charge is -2.18. The van der Waals surface area contributed by atoms with Crippen molar-refractivity contribution < 1.29 is 9.59 Å². The molecule has 3 rings (SSSR count). The highest BCUT2D eigenvalue weighted by molar-refractivity contribution is 5.90. The second-order valence-electron chi connectivity index (χ2n) is 7.29. The van der Waals surface area contributed by atoms with Crippen molar-refractivity contribution in [3.8, 4) is 0 Å². The molecule has 0 spiro atoms. The van der Waals surface area contributed by atoms with Crippen LogP contribution in [0.4, 0.5) is 16.3 Å². The number of aromatic nitrogens is 1. The molecule has 2 heterocycles. The fourth-order valence-electron chi connectivity index (χ4n) is 3.31. The molecule has 0 aliphatic carbocycles. The van der Waals surface area contributed by atoms with Gasteiger partial charge in [0.2, 0.25) is 5.91 Å². The lowest BCUT2D eigenvalue weighted by atomic mass is 10.1. The topological polar surface area (TPSA) is 86.4 Å². The standard InChI is InChI=1S/C22H29N5O2/c1-3-21(28)26-19-8-6-18(7-9-19)16(2)25-22(29)24-15-17-10-11-23-20(14-17)27-12-4-5-13-27/h6-11,14,16H,3-5,12-13,15H2,1-2H3,(H,26,28)(H2,24,25,29). The third kappa shape index (κ3) is 5.94. The van der Waals surface area contributed by atoms with Crippen molar-refractivity contribution in [1.29, 1.82) is 0 Å². The van der Waals surface area contributed by atoms with Gasteiger partial charge in [-0.1, -0.05) is 19.1 Å². The first-order chi connectivity index (χ1) is 14.0. The second kappa shape index (κ2) is 9.91. The summed E-state index contributed by atoms with van der Waals surface area (Å²) in [5, 5.41) is 8.67. The molecule has 7 heteroatoms. The molecule has 1 aromatic heterocycles. The van der Waals surface area contributed by atoms with Crippen LogP contribution in [0.15, 0.2) is 42.6 Å². The number of anilines is 2. The molecule has 1 aromatic carbocycles. The van der Waals surface area contributed by atoms with Crippen LogP contribution in [-0.4, -0.2) is 30.0 Å². The number of hydrogen-bond acceptors (Lipinski definition) is 4. The Kier molecular flexibility index (Phi) is 7.05. The van der Waals surface area contributed by atoms with Gasteiger partial charge in [-0.25, -0.2) is 9.78 Å². The Bertz CT molecular complexity index is 831. The third-order valence-electron chi connectivity index (χ3n) is 5.06. The lowest BCUT2D eigenvalue weighted by molar-refractivity contribution is -0.115. The maximum Gasteiger partial charge on any atom is 0.315 e. The minimum Gasteiger partial charge on any atom is -0.357 e. The van der Waals surface area contributed by atoms with Crippen molar-refractivity contribution in [1.82, 2.24) is 15.6 Å². The smallest absolute Gasteiger partial charge is 0.315 e. The van der Waals surface area contributed by atoms with E-state index in [1.807, 2.05) is 50.2 Å². The van der Waals surface area contributed by atoms with E-state index in [0.717, 1.165) is 35.7 Å². The summed E-state index contributed by atoms with van der Waals surface area (Å²) in [5.74, 6) is 0.957. The number of carbonyl (C=O) groups is 2. The van der Waals surface area contributed by atoms with Gasteiger partial charge in [0.05, 0.1) is 6.04 Å². The zero-order chi connectivity index (χ0) is 20.6. The van der Waals surface area contributed by atoms with Crippen molar-refractivity contribution in [3.05, 3.63) is 53.7 Å². The van der Waals surface area contributed by atoms with Crippen LogP contribution in [0.5, 0.6) is 0 Å². The summed E-state index contributed by atoms with van der Waals surface area (Å²) < 4.78 is 0. The van der Waals surface area contributed by atoms with Crippen molar-refractivity contribution in [2.75, 3.05) is 23.3 Å². The zero-order valence-electron chi connectivity index (χ0n) is 17.1. The summed E-state index contributed by atoms with van der Waals surface area (Å²) in [6.45, 7) is 6.28. The van der Waals surface area contributed by atoms with Crippen LogP contribution in [0.25, 0.3) is 0 Å². The maximum absolute atomic E-state index is 12.3. The normalized spacial score (nSPS) is 14.3. The molecule has 1 aliphatic heterocycles. The molecule has 2 aromatic rings. The van der Waals surface area contributed by atoms with Crippen LogP contribution < -0.4 is 20.9 Å². The van der Waals surface area contributed by atoms with Crippen LogP contribution in [-0.2, 0) is 11.3 Å². The Morgan fingerprint density at radius 1 is 1.14 bits per heavy atom. The summed E-state index contributed by atoms with van der Waals surface area (Å²) in [6.07, 6.45) is 4.65. The number of carbonyl (C=O) groups excluding carboxylic acids is 2. The first-order valence-corrected chi connectivity index (χ1v) is 10.2. The minimum atomic E-state index is -0.222. The van der Waals surface area contributed by atoms with E-state index < -0.39 is 0 Å². The van der Waals surface area contributed by atoms with Gasteiger partial charge in [-0.15, -0.1) is 0 Å². The number of hydrogen-bond donors (Lipinski definition) is 3. The monoisotopic (exact) mass is 395 g/mol. The lowest BCUT2D eigenvalue weighted by Crippen LogP contribution is -2.36. The average Bonchev–Trinajstić information content (AvgIpc) is 3.28. The minimum absolute atomic E-state index is 0.0210. The van der Waals surface area contributed by atoms with E-state index in [0.29, 0.717) is 13.0 Å².